The van der Waals surface area contributed by atoms with Crippen LogP contribution in [0.5, 0.6) is 0 Å². The van der Waals surface area contributed by atoms with E-state index in [1.54, 1.807) is 4.52 Å². The van der Waals surface area contributed by atoms with Crippen molar-refractivity contribution >= 4 is 27.5 Å². The largest absolute Gasteiger partial charge is 0.396 e. The van der Waals surface area contributed by atoms with Crippen molar-refractivity contribution in [3.05, 3.63) is 22.8 Å². The molecule has 2 aromatic heterocycles. The van der Waals surface area contributed by atoms with Gasteiger partial charge < -0.3 is 10.4 Å². The Balaban J connectivity index is 2.02. The van der Waals surface area contributed by atoms with Gasteiger partial charge >= 0.3 is 0 Å². The van der Waals surface area contributed by atoms with Crippen molar-refractivity contribution in [3.8, 4) is 0 Å². The molecule has 19 heavy (non-hydrogen) atoms. The van der Waals surface area contributed by atoms with E-state index in [-0.39, 0.29) is 6.61 Å². The summed E-state index contributed by atoms with van der Waals surface area (Å²) in [6.45, 7) is 3.18. The van der Waals surface area contributed by atoms with E-state index in [0.29, 0.717) is 11.9 Å². The van der Waals surface area contributed by atoms with Crippen LogP contribution in [0.25, 0.3) is 5.65 Å². The number of rotatable bonds is 7. The second kappa shape index (κ2) is 6.86. The van der Waals surface area contributed by atoms with Crippen molar-refractivity contribution in [2.24, 2.45) is 5.92 Å². The third-order valence-corrected chi connectivity index (χ3v) is 3.72. The molecular weight excluding hydrogens is 308 g/mol. The predicted octanol–water partition coefficient (Wildman–Crippen LogP) is 2.70. The predicted molar refractivity (Wildman–Crippen MR) is 79.3 cm³/mol. The van der Waals surface area contributed by atoms with Gasteiger partial charge in [-0.05, 0) is 46.8 Å². The van der Waals surface area contributed by atoms with E-state index >= 15 is 0 Å². The maximum atomic E-state index is 9.04. The Kier molecular flexibility index (Phi) is 5.15. The molecule has 1 unspecified atom stereocenters. The molecule has 0 aromatic carbocycles. The van der Waals surface area contributed by atoms with Gasteiger partial charge in [-0.2, -0.15) is 4.98 Å². The van der Waals surface area contributed by atoms with Gasteiger partial charge in [-0.3, -0.25) is 0 Å². The minimum atomic E-state index is 0.233. The maximum Gasteiger partial charge on any atom is 0.243 e. The van der Waals surface area contributed by atoms with Gasteiger partial charge in [0.2, 0.25) is 5.95 Å². The van der Waals surface area contributed by atoms with Gasteiger partial charge in [0, 0.05) is 19.3 Å². The minimum Gasteiger partial charge on any atom is -0.396 e. The van der Waals surface area contributed by atoms with Crippen LogP contribution in [0, 0.1) is 5.92 Å². The third kappa shape index (κ3) is 3.67. The van der Waals surface area contributed by atoms with Gasteiger partial charge in [0.25, 0.3) is 0 Å². The lowest BCUT2D eigenvalue weighted by molar-refractivity contribution is 0.255. The third-order valence-electron chi connectivity index (χ3n) is 3.10. The molecule has 5 nitrogen and oxygen atoms in total. The topological polar surface area (TPSA) is 62.5 Å². The molecule has 2 heterocycles. The first-order chi connectivity index (χ1) is 9.24. The molecule has 0 saturated heterocycles. The van der Waals surface area contributed by atoms with Crippen LogP contribution in [0.4, 0.5) is 5.95 Å². The standard InChI is InChI=1S/C13H19BrN4O/c1-2-4-10(6-8-19)9-15-13-16-12-11(14)5-3-7-18(12)17-13/h3,5,7,10,19H,2,4,6,8-9H2,1H3,(H,15,17). The average Bonchev–Trinajstić information content (AvgIpc) is 2.81. The van der Waals surface area contributed by atoms with E-state index in [9.17, 15) is 0 Å². The zero-order valence-electron chi connectivity index (χ0n) is 11.0. The number of hydrogen-bond acceptors (Lipinski definition) is 4. The number of fused-ring (bicyclic) bond motifs is 1. The lowest BCUT2D eigenvalue weighted by Gasteiger charge is -2.14. The van der Waals surface area contributed by atoms with E-state index in [2.05, 4.69) is 38.3 Å². The highest BCUT2D eigenvalue weighted by Crippen LogP contribution is 2.17. The fraction of sp³-hybridized carbons (Fsp3) is 0.538. The lowest BCUT2D eigenvalue weighted by atomic mass is 10.0. The molecule has 0 fully saturated rings. The number of nitrogens with one attached hydrogen (secondary N) is 1. The second-order valence-corrected chi connectivity index (χ2v) is 5.46. The first-order valence-corrected chi connectivity index (χ1v) is 7.39. The Hall–Kier alpha value is -1.14. The Labute approximate surface area is 121 Å². The van der Waals surface area contributed by atoms with Crippen molar-refractivity contribution in [2.45, 2.75) is 26.2 Å². The Morgan fingerprint density at radius 2 is 2.32 bits per heavy atom. The summed E-state index contributed by atoms with van der Waals surface area (Å²) in [7, 11) is 0. The molecule has 2 rings (SSSR count). The number of nitrogens with zero attached hydrogens (tertiary/aromatic N) is 3. The van der Waals surface area contributed by atoms with Gasteiger partial charge in [0.15, 0.2) is 5.65 Å². The fourth-order valence-electron chi connectivity index (χ4n) is 2.12. The fourth-order valence-corrected chi connectivity index (χ4v) is 2.55. The highest BCUT2D eigenvalue weighted by Gasteiger charge is 2.10. The van der Waals surface area contributed by atoms with E-state index in [0.717, 1.165) is 35.9 Å². The first kappa shape index (κ1) is 14.3. The average molecular weight is 327 g/mol. The summed E-state index contributed by atoms with van der Waals surface area (Å²) in [4.78, 5) is 4.44. The van der Waals surface area contributed by atoms with Crippen LogP contribution in [0.2, 0.25) is 0 Å². The van der Waals surface area contributed by atoms with Gasteiger partial charge in [0.1, 0.15) is 0 Å². The molecule has 2 N–H and O–H groups in total. The SMILES string of the molecule is CCCC(CCO)CNc1nc2c(Br)cccn2n1. The Morgan fingerprint density at radius 3 is 3.00 bits per heavy atom. The number of hydrogen-bond donors (Lipinski definition) is 2. The Morgan fingerprint density at radius 1 is 1.47 bits per heavy atom. The van der Waals surface area contributed by atoms with Crippen molar-refractivity contribution in [3.63, 3.8) is 0 Å². The monoisotopic (exact) mass is 326 g/mol. The van der Waals surface area contributed by atoms with E-state index < -0.39 is 0 Å². The number of halogens is 1. The van der Waals surface area contributed by atoms with Crippen LogP contribution in [0.3, 0.4) is 0 Å². The number of aromatic nitrogens is 3. The van der Waals surface area contributed by atoms with Crippen LogP contribution in [-0.2, 0) is 0 Å². The summed E-state index contributed by atoms with van der Waals surface area (Å²) in [5.41, 5.74) is 0.805. The minimum absolute atomic E-state index is 0.233. The number of aliphatic hydroxyl groups is 1. The van der Waals surface area contributed by atoms with Crippen LogP contribution in [0.1, 0.15) is 26.2 Å². The molecule has 1 atom stereocenters. The molecular formula is C13H19BrN4O. The molecule has 0 aliphatic heterocycles. The van der Waals surface area contributed by atoms with E-state index in [1.807, 2.05) is 18.3 Å². The van der Waals surface area contributed by atoms with E-state index in [1.165, 1.54) is 0 Å². The summed E-state index contributed by atoms with van der Waals surface area (Å²) in [5, 5.41) is 16.7. The van der Waals surface area contributed by atoms with Crippen LogP contribution < -0.4 is 5.32 Å². The molecule has 0 bridgehead atoms. The van der Waals surface area contributed by atoms with Crippen molar-refractivity contribution < 1.29 is 5.11 Å². The molecule has 2 aromatic rings. The zero-order chi connectivity index (χ0) is 13.7. The maximum absolute atomic E-state index is 9.04. The second-order valence-electron chi connectivity index (χ2n) is 4.61. The van der Waals surface area contributed by atoms with Gasteiger partial charge in [-0.1, -0.05) is 13.3 Å². The zero-order valence-corrected chi connectivity index (χ0v) is 12.6. The molecule has 0 radical (unpaired) electrons. The van der Waals surface area contributed by atoms with Crippen molar-refractivity contribution in [1.82, 2.24) is 14.6 Å². The molecule has 6 heteroatoms. The van der Waals surface area contributed by atoms with Crippen LogP contribution in [-0.4, -0.2) is 32.9 Å². The lowest BCUT2D eigenvalue weighted by Crippen LogP contribution is -2.16. The smallest absolute Gasteiger partial charge is 0.243 e. The summed E-state index contributed by atoms with van der Waals surface area (Å²) in [5.74, 6) is 1.09. The van der Waals surface area contributed by atoms with Crippen LogP contribution >= 0.6 is 15.9 Å². The molecule has 0 spiro atoms. The quantitative estimate of drug-likeness (QED) is 0.821. The Bertz CT molecular complexity index is 522. The summed E-state index contributed by atoms with van der Waals surface area (Å²) in [6.07, 6.45) is 4.91. The first-order valence-electron chi connectivity index (χ1n) is 6.60. The van der Waals surface area contributed by atoms with Gasteiger partial charge in [0.05, 0.1) is 4.47 Å². The molecule has 0 amide bonds. The molecule has 0 saturated carbocycles. The highest BCUT2D eigenvalue weighted by atomic mass is 79.9. The number of pyridine rings is 1. The molecule has 0 aliphatic carbocycles. The van der Waals surface area contributed by atoms with Gasteiger partial charge in [-0.25, -0.2) is 4.52 Å². The van der Waals surface area contributed by atoms with E-state index in [4.69, 9.17) is 5.11 Å². The van der Waals surface area contributed by atoms with Crippen LogP contribution in [0.15, 0.2) is 22.8 Å². The van der Waals surface area contributed by atoms with Crippen molar-refractivity contribution in [2.75, 3.05) is 18.5 Å². The highest BCUT2D eigenvalue weighted by molar-refractivity contribution is 9.10. The number of anilines is 1. The summed E-state index contributed by atoms with van der Waals surface area (Å²) >= 11 is 3.46. The summed E-state index contributed by atoms with van der Waals surface area (Å²) in [6, 6.07) is 3.86. The van der Waals surface area contributed by atoms with Gasteiger partial charge in [-0.15, -0.1) is 5.10 Å². The molecule has 104 valence electrons. The summed E-state index contributed by atoms with van der Waals surface area (Å²) < 4.78 is 2.67. The normalized spacial score (nSPS) is 12.8. The number of aliphatic hydroxyl groups excluding tert-OH is 1. The molecule has 0 aliphatic rings. The van der Waals surface area contributed by atoms with Crippen molar-refractivity contribution in [1.29, 1.82) is 0 Å².